The number of piperazine rings is 1. The lowest BCUT2D eigenvalue weighted by Gasteiger charge is -2.43. The van der Waals surface area contributed by atoms with Crippen LogP contribution in [0.15, 0.2) is 23.4 Å². The second-order valence-electron chi connectivity index (χ2n) is 5.69. The molecule has 1 unspecified atom stereocenters. The van der Waals surface area contributed by atoms with E-state index in [4.69, 9.17) is 11.6 Å². The van der Waals surface area contributed by atoms with Gasteiger partial charge in [0.2, 0.25) is 0 Å². The van der Waals surface area contributed by atoms with E-state index < -0.39 is 10.0 Å². The molecule has 2 saturated heterocycles. The van der Waals surface area contributed by atoms with Gasteiger partial charge in [0.15, 0.2) is 5.03 Å². The molecule has 116 valence electrons. The molecule has 0 aromatic carbocycles. The minimum atomic E-state index is -3.49. The maximum Gasteiger partial charge on any atom is 0.260 e. The molecule has 2 aliphatic rings. The van der Waals surface area contributed by atoms with E-state index in [2.05, 4.69) is 9.88 Å². The number of rotatable bonds is 3. The van der Waals surface area contributed by atoms with Crippen molar-refractivity contribution in [1.29, 1.82) is 0 Å². The van der Waals surface area contributed by atoms with Crippen LogP contribution in [0.5, 0.6) is 0 Å². The fourth-order valence-electron chi connectivity index (χ4n) is 3.12. The highest BCUT2D eigenvalue weighted by Crippen LogP contribution is 2.24. The monoisotopic (exact) mass is 329 g/mol. The number of hydrogen-bond acceptors (Lipinski definition) is 4. The van der Waals surface area contributed by atoms with Crippen molar-refractivity contribution in [3.63, 3.8) is 0 Å². The van der Waals surface area contributed by atoms with Gasteiger partial charge in [-0.2, -0.15) is 4.31 Å². The predicted octanol–water partition coefficient (Wildman–Crippen LogP) is 1.68. The Morgan fingerprint density at radius 3 is 2.81 bits per heavy atom. The van der Waals surface area contributed by atoms with Gasteiger partial charge in [0.25, 0.3) is 10.0 Å². The molecule has 0 radical (unpaired) electrons. The van der Waals surface area contributed by atoms with E-state index in [1.54, 1.807) is 16.4 Å². The number of fused-ring (bicyclic) bond motifs is 1. The molecule has 3 heterocycles. The van der Waals surface area contributed by atoms with Crippen LogP contribution >= 0.6 is 11.6 Å². The van der Waals surface area contributed by atoms with Gasteiger partial charge in [0.05, 0.1) is 0 Å². The van der Waals surface area contributed by atoms with Crippen LogP contribution < -0.4 is 0 Å². The van der Waals surface area contributed by atoms with Gasteiger partial charge in [-0.3, -0.25) is 4.90 Å². The molecule has 2 fully saturated rings. The summed E-state index contributed by atoms with van der Waals surface area (Å²) in [6, 6.07) is 3.65. The fraction of sp³-hybridized carbons (Fsp3) is 0.643. The first-order valence-electron chi connectivity index (χ1n) is 7.36. The molecule has 3 rings (SSSR count). The second kappa shape index (κ2) is 6.20. The summed E-state index contributed by atoms with van der Waals surface area (Å²) in [6.07, 6.45) is 5.05. The first kappa shape index (κ1) is 15.2. The summed E-state index contributed by atoms with van der Waals surface area (Å²) in [7, 11) is -3.49. The topological polar surface area (TPSA) is 53.5 Å². The van der Waals surface area contributed by atoms with Crippen molar-refractivity contribution < 1.29 is 8.42 Å². The van der Waals surface area contributed by atoms with Crippen molar-refractivity contribution in [3.8, 4) is 0 Å². The van der Waals surface area contributed by atoms with Crippen LogP contribution in [0.4, 0.5) is 0 Å². The number of alkyl halides is 1. The third-order valence-corrected chi connectivity index (χ3v) is 6.45. The van der Waals surface area contributed by atoms with Crippen LogP contribution in [-0.2, 0) is 15.9 Å². The highest BCUT2D eigenvalue weighted by molar-refractivity contribution is 7.89. The molecule has 2 aliphatic heterocycles. The summed E-state index contributed by atoms with van der Waals surface area (Å²) >= 11 is 5.71. The van der Waals surface area contributed by atoms with Gasteiger partial charge in [0, 0.05) is 37.8 Å². The van der Waals surface area contributed by atoms with E-state index in [0.717, 1.165) is 25.1 Å². The normalized spacial score (nSPS) is 24.7. The zero-order valence-electron chi connectivity index (χ0n) is 11.9. The van der Waals surface area contributed by atoms with Crippen molar-refractivity contribution in [2.45, 2.75) is 36.2 Å². The number of nitrogens with zero attached hydrogens (tertiary/aromatic N) is 3. The number of aromatic nitrogens is 1. The first-order valence-corrected chi connectivity index (χ1v) is 9.34. The second-order valence-corrected chi connectivity index (χ2v) is 7.84. The standard InChI is InChI=1S/C14H20ClN3O2S/c15-9-12-4-5-14(16-10-12)21(19,20)18-8-7-17-6-2-1-3-13(17)11-18/h4-5,10,13H,1-3,6-9,11H2. The summed E-state index contributed by atoms with van der Waals surface area (Å²) in [6.45, 7) is 3.06. The lowest BCUT2D eigenvalue weighted by molar-refractivity contribution is 0.0850. The fourth-order valence-corrected chi connectivity index (χ4v) is 4.66. The van der Waals surface area contributed by atoms with E-state index >= 15 is 0 Å². The van der Waals surface area contributed by atoms with E-state index in [1.807, 2.05) is 0 Å². The number of piperidine rings is 1. The Balaban J connectivity index is 1.78. The molecule has 0 amide bonds. The molecular formula is C14H20ClN3O2S. The van der Waals surface area contributed by atoms with Crippen molar-refractivity contribution in [2.75, 3.05) is 26.2 Å². The van der Waals surface area contributed by atoms with Gasteiger partial charge in [0.1, 0.15) is 0 Å². The maximum atomic E-state index is 12.7. The van der Waals surface area contributed by atoms with Crippen molar-refractivity contribution in [2.24, 2.45) is 0 Å². The molecule has 21 heavy (non-hydrogen) atoms. The molecule has 0 aliphatic carbocycles. The molecule has 7 heteroatoms. The Hall–Kier alpha value is -0.690. The highest BCUT2D eigenvalue weighted by atomic mass is 35.5. The summed E-state index contributed by atoms with van der Waals surface area (Å²) in [5.41, 5.74) is 0.827. The summed E-state index contributed by atoms with van der Waals surface area (Å²) in [4.78, 5) is 6.49. The minimum Gasteiger partial charge on any atom is -0.298 e. The Kier molecular flexibility index (Phi) is 4.49. The summed E-state index contributed by atoms with van der Waals surface area (Å²) < 4.78 is 26.9. The van der Waals surface area contributed by atoms with Crippen LogP contribution in [0.2, 0.25) is 0 Å². The van der Waals surface area contributed by atoms with Gasteiger partial charge in [-0.1, -0.05) is 12.5 Å². The Labute approximate surface area is 131 Å². The average molecular weight is 330 g/mol. The SMILES string of the molecule is O=S(=O)(c1ccc(CCl)cn1)N1CCN2CCCCC2C1. The molecule has 1 atom stereocenters. The first-order chi connectivity index (χ1) is 10.1. The Morgan fingerprint density at radius 1 is 1.24 bits per heavy atom. The summed E-state index contributed by atoms with van der Waals surface area (Å²) in [5, 5.41) is 0.126. The van der Waals surface area contributed by atoms with Gasteiger partial charge >= 0.3 is 0 Å². The van der Waals surface area contributed by atoms with Gasteiger partial charge < -0.3 is 0 Å². The molecular weight excluding hydrogens is 310 g/mol. The number of halogens is 1. The van der Waals surface area contributed by atoms with E-state index in [-0.39, 0.29) is 5.03 Å². The van der Waals surface area contributed by atoms with Crippen molar-refractivity contribution in [1.82, 2.24) is 14.2 Å². The smallest absolute Gasteiger partial charge is 0.260 e. The zero-order chi connectivity index (χ0) is 14.9. The van der Waals surface area contributed by atoms with E-state index in [1.165, 1.54) is 19.0 Å². The Bertz CT molecular complexity index is 591. The lowest BCUT2D eigenvalue weighted by atomic mass is 10.0. The molecule has 0 spiro atoms. The third kappa shape index (κ3) is 3.08. The van der Waals surface area contributed by atoms with Crippen molar-refractivity contribution >= 4 is 21.6 Å². The molecule has 0 saturated carbocycles. The number of hydrogen-bond donors (Lipinski definition) is 0. The maximum absolute atomic E-state index is 12.7. The highest BCUT2D eigenvalue weighted by Gasteiger charge is 2.35. The average Bonchev–Trinajstić information content (AvgIpc) is 2.54. The number of pyridine rings is 1. The Morgan fingerprint density at radius 2 is 2.10 bits per heavy atom. The molecule has 0 N–H and O–H groups in total. The largest absolute Gasteiger partial charge is 0.298 e. The van der Waals surface area contributed by atoms with Crippen molar-refractivity contribution in [3.05, 3.63) is 23.9 Å². The summed E-state index contributed by atoms with van der Waals surface area (Å²) in [5.74, 6) is 0.341. The van der Waals surface area contributed by atoms with Crippen LogP contribution in [0.1, 0.15) is 24.8 Å². The molecule has 0 bridgehead atoms. The number of sulfonamides is 1. The minimum absolute atomic E-state index is 0.126. The molecule has 1 aromatic rings. The zero-order valence-corrected chi connectivity index (χ0v) is 13.5. The lowest BCUT2D eigenvalue weighted by Crippen LogP contribution is -2.56. The molecule has 5 nitrogen and oxygen atoms in total. The predicted molar refractivity (Wildman–Crippen MR) is 81.8 cm³/mol. The van der Waals surface area contributed by atoms with Crippen LogP contribution in [0.25, 0.3) is 0 Å². The molecule has 1 aromatic heterocycles. The van der Waals surface area contributed by atoms with Crippen LogP contribution in [0.3, 0.4) is 0 Å². The van der Waals surface area contributed by atoms with Gasteiger partial charge in [-0.25, -0.2) is 13.4 Å². The van der Waals surface area contributed by atoms with E-state index in [0.29, 0.717) is 25.0 Å². The van der Waals surface area contributed by atoms with Gasteiger partial charge in [-0.05, 0) is 31.0 Å². The van der Waals surface area contributed by atoms with Gasteiger partial charge in [-0.15, -0.1) is 11.6 Å². The van der Waals surface area contributed by atoms with Crippen LogP contribution in [-0.4, -0.2) is 54.8 Å². The van der Waals surface area contributed by atoms with Crippen LogP contribution in [0, 0.1) is 0 Å². The van der Waals surface area contributed by atoms with E-state index in [9.17, 15) is 8.42 Å². The third-order valence-electron chi connectivity index (χ3n) is 4.36. The quantitative estimate of drug-likeness (QED) is 0.792.